The molecular weight excluding hydrogens is 342 g/mol. The highest BCUT2D eigenvalue weighted by Gasteiger charge is 2.48. The van der Waals surface area contributed by atoms with Gasteiger partial charge in [0.1, 0.15) is 5.54 Å². The molecule has 1 fully saturated rings. The molecule has 6 heteroatoms. The van der Waals surface area contributed by atoms with Gasteiger partial charge in [0.05, 0.1) is 0 Å². The predicted octanol–water partition coefficient (Wildman–Crippen LogP) is 2.84. The fourth-order valence-electron chi connectivity index (χ4n) is 3.05. The highest BCUT2D eigenvalue weighted by molar-refractivity contribution is 6.09. The van der Waals surface area contributed by atoms with Crippen LogP contribution in [0.25, 0.3) is 0 Å². The van der Waals surface area contributed by atoms with E-state index in [1.165, 1.54) is 0 Å². The Labute approximate surface area is 158 Å². The molecule has 140 valence electrons. The molecule has 0 bridgehead atoms. The van der Waals surface area contributed by atoms with Gasteiger partial charge in [-0.2, -0.15) is 5.01 Å². The Morgan fingerprint density at radius 2 is 1.70 bits per heavy atom. The van der Waals surface area contributed by atoms with Gasteiger partial charge in [0.2, 0.25) is 0 Å². The van der Waals surface area contributed by atoms with Crippen molar-refractivity contribution in [2.45, 2.75) is 38.6 Å². The maximum atomic E-state index is 12.8. The van der Waals surface area contributed by atoms with Crippen LogP contribution in [0.2, 0.25) is 0 Å². The van der Waals surface area contributed by atoms with E-state index < -0.39 is 23.4 Å². The van der Waals surface area contributed by atoms with Crippen LogP contribution in [0.5, 0.6) is 0 Å². The van der Waals surface area contributed by atoms with E-state index in [9.17, 15) is 14.4 Å². The maximum absolute atomic E-state index is 12.8. The molecule has 0 aromatic heterocycles. The average Bonchev–Trinajstić information content (AvgIpc) is 2.90. The van der Waals surface area contributed by atoms with Crippen molar-refractivity contribution in [2.24, 2.45) is 0 Å². The molecule has 2 N–H and O–H groups in total. The number of benzene rings is 2. The Kier molecular flexibility index (Phi) is 5.26. The SMILES string of the molecule is CCc1ccc(C(=O)NN2C(=O)N[C@](C)(CCc3ccccc3)C2=O)cc1. The summed E-state index contributed by atoms with van der Waals surface area (Å²) in [4.78, 5) is 37.4. The second-order valence-corrected chi connectivity index (χ2v) is 6.88. The van der Waals surface area contributed by atoms with Gasteiger partial charge >= 0.3 is 6.03 Å². The van der Waals surface area contributed by atoms with E-state index in [1.54, 1.807) is 19.1 Å². The number of carbonyl (C=O) groups is 3. The van der Waals surface area contributed by atoms with Gasteiger partial charge in [-0.1, -0.05) is 49.4 Å². The lowest BCUT2D eigenvalue weighted by molar-refractivity contribution is -0.132. The topological polar surface area (TPSA) is 78.5 Å². The summed E-state index contributed by atoms with van der Waals surface area (Å²) in [5.74, 6) is -0.949. The second-order valence-electron chi connectivity index (χ2n) is 6.88. The molecule has 0 aliphatic carbocycles. The van der Waals surface area contributed by atoms with Crippen molar-refractivity contribution >= 4 is 17.8 Å². The number of hydrogen-bond acceptors (Lipinski definition) is 3. The fourth-order valence-corrected chi connectivity index (χ4v) is 3.05. The van der Waals surface area contributed by atoms with E-state index in [0.717, 1.165) is 22.6 Å². The molecule has 0 spiro atoms. The summed E-state index contributed by atoms with van der Waals surface area (Å²) in [6, 6.07) is 16.2. The highest BCUT2D eigenvalue weighted by Crippen LogP contribution is 2.22. The number of urea groups is 1. The molecule has 6 nitrogen and oxygen atoms in total. The number of rotatable bonds is 6. The number of carbonyl (C=O) groups excluding carboxylic acids is 3. The molecule has 1 saturated heterocycles. The van der Waals surface area contributed by atoms with Crippen LogP contribution in [-0.2, 0) is 17.6 Å². The van der Waals surface area contributed by atoms with Crippen LogP contribution in [0.15, 0.2) is 54.6 Å². The molecule has 0 radical (unpaired) electrons. The van der Waals surface area contributed by atoms with Gasteiger partial charge < -0.3 is 5.32 Å². The van der Waals surface area contributed by atoms with Crippen LogP contribution in [0.1, 0.15) is 41.8 Å². The molecule has 0 saturated carbocycles. The predicted molar refractivity (Wildman–Crippen MR) is 102 cm³/mol. The van der Waals surface area contributed by atoms with Gasteiger partial charge in [0.25, 0.3) is 11.8 Å². The Bertz CT molecular complexity index is 849. The Morgan fingerprint density at radius 3 is 2.33 bits per heavy atom. The Hall–Kier alpha value is -3.15. The minimum Gasteiger partial charge on any atom is -0.322 e. The lowest BCUT2D eigenvalue weighted by Gasteiger charge is -2.21. The van der Waals surface area contributed by atoms with Crippen LogP contribution in [0.4, 0.5) is 4.79 Å². The van der Waals surface area contributed by atoms with Gasteiger partial charge in [0, 0.05) is 5.56 Å². The molecule has 1 aliphatic rings. The molecule has 1 heterocycles. The Morgan fingerprint density at radius 1 is 1.04 bits per heavy atom. The monoisotopic (exact) mass is 365 g/mol. The maximum Gasteiger partial charge on any atom is 0.344 e. The zero-order chi connectivity index (χ0) is 19.4. The first-order chi connectivity index (χ1) is 12.9. The van der Waals surface area contributed by atoms with Crippen LogP contribution in [0.3, 0.4) is 0 Å². The van der Waals surface area contributed by atoms with Crippen molar-refractivity contribution in [1.29, 1.82) is 0 Å². The summed E-state index contributed by atoms with van der Waals surface area (Å²) in [5.41, 5.74) is 3.95. The molecule has 1 atom stereocenters. The summed E-state index contributed by atoms with van der Waals surface area (Å²) < 4.78 is 0. The summed E-state index contributed by atoms with van der Waals surface area (Å²) >= 11 is 0. The van der Waals surface area contributed by atoms with Crippen molar-refractivity contribution in [1.82, 2.24) is 15.8 Å². The molecule has 27 heavy (non-hydrogen) atoms. The summed E-state index contributed by atoms with van der Waals surface area (Å²) in [7, 11) is 0. The van der Waals surface area contributed by atoms with E-state index in [4.69, 9.17) is 0 Å². The van der Waals surface area contributed by atoms with Gasteiger partial charge in [0.15, 0.2) is 0 Å². The van der Waals surface area contributed by atoms with E-state index >= 15 is 0 Å². The molecule has 1 aliphatic heterocycles. The molecule has 3 rings (SSSR count). The first kappa shape index (κ1) is 18.6. The Balaban J connectivity index is 1.66. The van der Waals surface area contributed by atoms with Crippen LogP contribution in [-0.4, -0.2) is 28.4 Å². The van der Waals surface area contributed by atoms with E-state index in [0.29, 0.717) is 18.4 Å². The fraction of sp³-hybridized carbons (Fsp3) is 0.286. The third-order valence-electron chi connectivity index (χ3n) is 4.86. The van der Waals surface area contributed by atoms with Crippen LogP contribution >= 0.6 is 0 Å². The average molecular weight is 365 g/mol. The quantitative estimate of drug-likeness (QED) is 0.773. The van der Waals surface area contributed by atoms with Crippen molar-refractivity contribution in [3.8, 4) is 0 Å². The summed E-state index contributed by atoms with van der Waals surface area (Å²) in [6.07, 6.45) is 1.96. The van der Waals surface area contributed by atoms with Crippen LogP contribution in [0, 0.1) is 0 Å². The zero-order valence-electron chi connectivity index (χ0n) is 15.5. The normalized spacial score (nSPS) is 19.1. The van der Waals surface area contributed by atoms with E-state index in [2.05, 4.69) is 10.7 Å². The van der Waals surface area contributed by atoms with Crippen molar-refractivity contribution < 1.29 is 14.4 Å². The van der Waals surface area contributed by atoms with Crippen molar-refractivity contribution in [2.75, 3.05) is 0 Å². The zero-order valence-corrected chi connectivity index (χ0v) is 15.5. The lowest BCUT2D eigenvalue weighted by Crippen LogP contribution is -2.48. The molecule has 2 aromatic carbocycles. The second kappa shape index (κ2) is 7.61. The molecule has 2 aromatic rings. The number of nitrogens with zero attached hydrogens (tertiary/aromatic N) is 1. The van der Waals surface area contributed by atoms with Crippen LogP contribution < -0.4 is 10.7 Å². The van der Waals surface area contributed by atoms with Gasteiger partial charge in [-0.25, -0.2) is 4.79 Å². The number of hydrogen-bond donors (Lipinski definition) is 2. The number of aryl methyl sites for hydroxylation is 2. The number of amides is 4. The number of hydrazine groups is 1. The van der Waals surface area contributed by atoms with E-state index in [-0.39, 0.29) is 0 Å². The first-order valence-electron chi connectivity index (χ1n) is 9.03. The van der Waals surface area contributed by atoms with Crippen molar-refractivity contribution in [3.05, 3.63) is 71.3 Å². The highest BCUT2D eigenvalue weighted by atomic mass is 16.2. The standard InChI is InChI=1S/C21H23N3O3/c1-3-15-9-11-17(12-10-15)18(25)23-24-19(26)21(2,22-20(24)27)14-13-16-7-5-4-6-8-16/h4-12H,3,13-14H2,1-2H3,(H,22,27)(H,23,25)/t21-/m1/s1. The van der Waals surface area contributed by atoms with Gasteiger partial charge in [-0.15, -0.1) is 0 Å². The minimum atomic E-state index is -1.05. The number of nitrogens with one attached hydrogen (secondary N) is 2. The minimum absolute atomic E-state index is 0.394. The van der Waals surface area contributed by atoms with Crippen molar-refractivity contribution in [3.63, 3.8) is 0 Å². The van der Waals surface area contributed by atoms with E-state index in [1.807, 2.05) is 49.4 Å². The third kappa shape index (κ3) is 4.00. The number of imide groups is 1. The smallest absolute Gasteiger partial charge is 0.322 e. The third-order valence-corrected chi connectivity index (χ3v) is 4.86. The largest absolute Gasteiger partial charge is 0.344 e. The molecular formula is C21H23N3O3. The summed E-state index contributed by atoms with van der Waals surface area (Å²) in [6.45, 7) is 3.71. The molecule has 4 amide bonds. The summed E-state index contributed by atoms with van der Waals surface area (Å²) in [5, 5.41) is 3.48. The first-order valence-corrected chi connectivity index (χ1v) is 9.03. The lowest BCUT2D eigenvalue weighted by atomic mass is 9.93. The molecule has 0 unspecified atom stereocenters. The van der Waals surface area contributed by atoms with Gasteiger partial charge in [-0.05, 0) is 49.4 Å². The van der Waals surface area contributed by atoms with Gasteiger partial charge in [-0.3, -0.25) is 15.0 Å².